The molecule has 82 valence electrons. The van der Waals surface area contributed by atoms with Crippen LogP contribution in [0.3, 0.4) is 0 Å². The molecular formula is C14H20O. The van der Waals surface area contributed by atoms with Gasteiger partial charge in [-0.15, -0.1) is 0 Å². The molecule has 0 spiro atoms. The fourth-order valence-electron chi connectivity index (χ4n) is 2.47. The van der Waals surface area contributed by atoms with Crippen molar-refractivity contribution < 1.29 is 4.74 Å². The second-order valence-electron chi connectivity index (χ2n) is 4.43. The predicted molar refractivity (Wildman–Crippen MR) is 62.7 cm³/mol. The highest BCUT2D eigenvalue weighted by molar-refractivity contribution is 5.13. The van der Waals surface area contributed by atoms with E-state index in [1.54, 1.807) is 0 Å². The average molecular weight is 204 g/mol. The van der Waals surface area contributed by atoms with E-state index in [9.17, 15) is 0 Å². The molecule has 0 N–H and O–H groups in total. The topological polar surface area (TPSA) is 9.23 Å². The van der Waals surface area contributed by atoms with Gasteiger partial charge in [-0.25, -0.2) is 0 Å². The Balaban J connectivity index is 1.83. The summed E-state index contributed by atoms with van der Waals surface area (Å²) in [5.41, 5.74) is 1.29. The van der Waals surface area contributed by atoms with E-state index in [1.165, 1.54) is 31.2 Å². The standard InChI is InChI=1S/C14H20O/c1-2-13-9-6-10-14(13)15-11-12-7-4-3-5-8-12/h3-5,7-8,13-14H,2,6,9-11H2,1H3/t13-,14-/m1/s1. The molecule has 1 aliphatic rings. The minimum Gasteiger partial charge on any atom is -0.373 e. The number of rotatable bonds is 4. The zero-order valence-electron chi connectivity index (χ0n) is 9.49. The summed E-state index contributed by atoms with van der Waals surface area (Å²) in [6.07, 6.45) is 5.73. The van der Waals surface area contributed by atoms with E-state index < -0.39 is 0 Å². The summed E-state index contributed by atoms with van der Waals surface area (Å²) in [5.74, 6) is 0.800. The maximum atomic E-state index is 5.99. The number of hydrogen-bond donors (Lipinski definition) is 0. The molecule has 1 nitrogen and oxygen atoms in total. The van der Waals surface area contributed by atoms with Crippen LogP contribution >= 0.6 is 0 Å². The van der Waals surface area contributed by atoms with E-state index in [2.05, 4.69) is 31.2 Å². The molecule has 0 heterocycles. The lowest BCUT2D eigenvalue weighted by Gasteiger charge is -2.18. The summed E-state index contributed by atoms with van der Waals surface area (Å²) >= 11 is 0. The Hall–Kier alpha value is -0.820. The molecular weight excluding hydrogens is 184 g/mol. The highest BCUT2D eigenvalue weighted by atomic mass is 16.5. The first kappa shape index (κ1) is 10.7. The lowest BCUT2D eigenvalue weighted by Crippen LogP contribution is -2.17. The van der Waals surface area contributed by atoms with Gasteiger partial charge in [0.05, 0.1) is 12.7 Å². The molecule has 1 aliphatic carbocycles. The maximum absolute atomic E-state index is 5.99. The lowest BCUT2D eigenvalue weighted by atomic mass is 10.0. The summed E-state index contributed by atoms with van der Waals surface area (Å²) in [6, 6.07) is 10.5. The largest absolute Gasteiger partial charge is 0.373 e. The van der Waals surface area contributed by atoms with Crippen LogP contribution in [0.1, 0.15) is 38.2 Å². The summed E-state index contributed by atoms with van der Waals surface area (Å²) in [6.45, 7) is 3.05. The fraction of sp³-hybridized carbons (Fsp3) is 0.571. The predicted octanol–water partition coefficient (Wildman–Crippen LogP) is 3.78. The Morgan fingerprint density at radius 1 is 1.20 bits per heavy atom. The molecule has 0 amide bonds. The van der Waals surface area contributed by atoms with Crippen LogP contribution in [0.4, 0.5) is 0 Å². The summed E-state index contributed by atoms with van der Waals surface area (Å²) in [5, 5.41) is 0. The third kappa shape index (κ3) is 2.82. The molecule has 0 bridgehead atoms. The van der Waals surface area contributed by atoms with Gasteiger partial charge in [0.1, 0.15) is 0 Å². The Morgan fingerprint density at radius 2 is 2.00 bits per heavy atom. The highest BCUT2D eigenvalue weighted by Gasteiger charge is 2.26. The van der Waals surface area contributed by atoms with Crippen molar-refractivity contribution in [2.45, 2.75) is 45.3 Å². The van der Waals surface area contributed by atoms with Crippen molar-refractivity contribution in [3.05, 3.63) is 35.9 Å². The van der Waals surface area contributed by atoms with Crippen LogP contribution in [-0.4, -0.2) is 6.10 Å². The van der Waals surface area contributed by atoms with Crippen LogP contribution < -0.4 is 0 Å². The van der Waals surface area contributed by atoms with Crippen LogP contribution in [-0.2, 0) is 11.3 Å². The van der Waals surface area contributed by atoms with Crippen molar-refractivity contribution in [3.8, 4) is 0 Å². The first-order valence-corrected chi connectivity index (χ1v) is 6.05. The van der Waals surface area contributed by atoms with Gasteiger partial charge in [0.15, 0.2) is 0 Å². The van der Waals surface area contributed by atoms with Gasteiger partial charge in [-0.05, 0) is 24.3 Å². The summed E-state index contributed by atoms with van der Waals surface area (Å²) in [4.78, 5) is 0. The van der Waals surface area contributed by atoms with Crippen molar-refractivity contribution in [2.75, 3.05) is 0 Å². The van der Waals surface area contributed by atoms with E-state index in [0.29, 0.717) is 6.10 Å². The van der Waals surface area contributed by atoms with Gasteiger partial charge >= 0.3 is 0 Å². The number of benzene rings is 1. The Kier molecular flexibility index (Phi) is 3.79. The van der Waals surface area contributed by atoms with Gasteiger partial charge in [-0.2, -0.15) is 0 Å². The van der Waals surface area contributed by atoms with Crippen molar-refractivity contribution in [3.63, 3.8) is 0 Å². The van der Waals surface area contributed by atoms with E-state index in [4.69, 9.17) is 4.74 Å². The summed E-state index contributed by atoms with van der Waals surface area (Å²) < 4.78 is 5.99. The van der Waals surface area contributed by atoms with Crippen molar-refractivity contribution in [1.82, 2.24) is 0 Å². The maximum Gasteiger partial charge on any atom is 0.0720 e. The highest BCUT2D eigenvalue weighted by Crippen LogP contribution is 2.31. The number of hydrogen-bond acceptors (Lipinski definition) is 1. The number of ether oxygens (including phenoxy) is 1. The zero-order chi connectivity index (χ0) is 10.5. The van der Waals surface area contributed by atoms with E-state index in [0.717, 1.165) is 12.5 Å². The van der Waals surface area contributed by atoms with E-state index in [-0.39, 0.29) is 0 Å². The van der Waals surface area contributed by atoms with Crippen molar-refractivity contribution in [2.24, 2.45) is 5.92 Å². The molecule has 1 heteroatoms. The molecule has 0 unspecified atom stereocenters. The Bertz CT molecular complexity index is 281. The van der Waals surface area contributed by atoms with Gasteiger partial charge in [0.25, 0.3) is 0 Å². The van der Waals surface area contributed by atoms with Gasteiger partial charge in [-0.1, -0.05) is 50.1 Å². The monoisotopic (exact) mass is 204 g/mol. The molecule has 1 aromatic rings. The molecule has 0 aromatic heterocycles. The third-order valence-electron chi connectivity index (χ3n) is 3.42. The SMILES string of the molecule is CC[C@@H]1CCC[C@H]1OCc1ccccc1. The molecule has 2 atom stereocenters. The van der Waals surface area contributed by atoms with Crippen molar-refractivity contribution in [1.29, 1.82) is 0 Å². The minimum atomic E-state index is 0.509. The zero-order valence-corrected chi connectivity index (χ0v) is 9.49. The van der Waals surface area contributed by atoms with Crippen LogP contribution in [0.2, 0.25) is 0 Å². The minimum absolute atomic E-state index is 0.509. The normalized spacial score (nSPS) is 25.7. The molecule has 0 aliphatic heterocycles. The molecule has 1 fully saturated rings. The average Bonchev–Trinajstić information content (AvgIpc) is 2.75. The van der Waals surface area contributed by atoms with E-state index in [1.807, 2.05) is 6.07 Å². The van der Waals surface area contributed by atoms with Gasteiger partial charge in [-0.3, -0.25) is 0 Å². The van der Waals surface area contributed by atoms with Gasteiger partial charge in [0, 0.05) is 0 Å². The smallest absolute Gasteiger partial charge is 0.0720 e. The molecule has 15 heavy (non-hydrogen) atoms. The van der Waals surface area contributed by atoms with Crippen LogP contribution in [0, 0.1) is 5.92 Å². The van der Waals surface area contributed by atoms with Crippen LogP contribution in [0.5, 0.6) is 0 Å². The van der Waals surface area contributed by atoms with Crippen LogP contribution in [0.25, 0.3) is 0 Å². The molecule has 1 aromatic carbocycles. The molecule has 0 radical (unpaired) electrons. The summed E-state index contributed by atoms with van der Waals surface area (Å²) in [7, 11) is 0. The lowest BCUT2D eigenvalue weighted by molar-refractivity contribution is 0.0150. The second kappa shape index (κ2) is 5.32. The first-order chi connectivity index (χ1) is 7.40. The van der Waals surface area contributed by atoms with Gasteiger partial charge in [0.2, 0.25) is 0 Å². The third-order valence-corrected chi connectivity index (χ3v) is 3.42. The second-order valence-corrected chi connectivity index (χ2v) is 4.43. The molecule has 1 saturated carbocycles. The van der Waals surface area contributed by atoms with E-state index >= 15 is 0 Å². The first-order valence-electron chi connectivity index (χ1n) is 6.05. The Morgan fingerprint density at radius 3 is 2.73 bits per heavy atom. The quantitative estimate of drug-likeness (QED) is 0.725. The van der Waals surface area contributed by atoms with Crippen LogP contribution in [0.15, 0.2) is 30.3 Å². The van der Waals surface area contributed by atoms with Gasteiger partial charge < -0.3 is 4.74 Å². The Labute approximate surface area is 92.5 Å². The fourth-order valence-corrected chi connectivity index (χ4v) is 2.47. The molecule has 0 saturated heterocycles. The molecule has 2 rings (SSSR count). The van der Waals surface area contributed by atoms with Crippen molar-refractivity contribution >= 4 is 0 Å².